The van der Waals surface area contributed by atoms with Crippen LogP contribution in [0.1, 0.15) is 26.3 Å². The zero-order valence-corrected chi connectivity index (χ0v) is 13.5. The van der Waals surface area contributed by atoms with E-state index in [0.29, 0.717) is 5.56 Å². The van der Waals surface area contributed by atoms with Gasteiger partial charge in [0, 0.05) is 10.5 Å². The third-order valence-corrected chi connectivity index (χ3v) is 3.63. The molecule has 0 aliphatic rings. The number of benzene rings is 1. The van der Waals surface area contributed by atoms with Gasteiger partial charge in [0.05, 0.1) is 6.54 Å². The topological polar surface area (TPSA) is 89.4 Å². The van der Waals surface area contributed by atoms with E-state index in [1.807, 2.05) is 26.0 Å². The van der Waals surface area contributed by atoms with Crippen molar-refractivity contribution >= 4 is 27.7 Å². The van der Waals surface area contributed by atoms with Gasteiger partial charge in [-0.25, -0.2) is 0 Å². The summed E-state index contributed by atoms with van der Waals surface area (Å²) in [6.07, 6.45) is 0. The lowest BCUT2D eigenvalue weighted by molar-refractivity contribution is -0.141. The first kappa shape index (κ1) is 16.7. The van der Waals surface area contributed by atoms with Crippen LogP contribution in [0.2, 0.25) is 0 Å². The van der Waals surface area contributed by atoms with E-state index in [4.69, 9.17) is 11.5 Å². The van der Waals surface area contributed by atoms with Crippen molar-refractivity contribution in [2.45, 2.75) is 32.4 Å². The molecule has 1 aromatic carbocycles. The second-order valence-electron chi connectivity index (χ2n) is 5.20. The number of nitrogens with two attached hydrogens (primary N) is 2. The van der Waals surface area contributed by atoms with E-state index in [0.717, 1.165) is 4.47 Å². The fourth-order valence-electron chi connectivity index (χ4n) is 1.87. The van der Waals surface area contributed by atoms with Gasteiger partial charge in [0.1, 0.15) is 5.54 Å². The van der Waals surface area contributed by atoms with Gasteiger partial charge in [-0.3, -0.25) is 9.59 Å². The maximum Gasteiger partial charge on any atom is 0.247 e. The van der Waals surface area contributed by atoms with E-state index in [1.165, 1.54) is 4.90 Å². The van der Waals surface area contributed by atoms with Crippen molar-refractivity contribution in [1.82, 2.24) is 4.90 Å². The molecular formula is C14H20BrN3O2. The largest absolute Gasteiger partial charge is 0.368 e. The number of carbonyl (C=O) groups is 2. The number of primary amides is 1. The standard InChI is InChI=1S/C14H20BrN3O2/c1-9(2)18(8-12(16)19)13(20)14(3,17)10-4-6-11(15)7-5-10/h4-7,9H,8,17H2,1-3H3,(H2,16,19). The highest BCUT2D eigenvalue weighted by atomic mass is 79.9. The molecule has 110 valence electrons. The molecule has 0 aromatic heterocycles. The van der Waals surface area contributed by atoms with Gasteiger partial charge in [0.25, 0.3) is 0 Å². The Bertz CT molecular complexity index is 498. The minimum absolute atomic E-state index is 0.139. The lowest BCUT2D eigenvalue weighted by Gasteiger charge is -2.34. The van der Waals surface area contributed by atoms with Crippen molar-refractivity contribution in [1.29, 1.82) is 0 Å². The molecule has 1 unspecified atom stereocenters. The Morgan fingerprint density at radius 3 is 2.20 bits per heavy atom. The van der Waals surface area contributed by atoms with Crippen molar-refractivity contribution in [3.63, 3.8) is 0 Å². The Hall–Kier alpha value is -1.40. The Labute approximate surface area is 127 Å². The third-order valence-electron chi connectivity index (χ3n) is 3.10. The first-order valence-corrected chi connectivity index (χ1v) is 7.10. The highest BCUT2D eigenvalue weighted by Gasteiger charge is 2.36. The van der Waals surface area contributed by atoms with E-state index >= 15 is 0 Å². The molecule has 0 heterocycles. The quantitative estimate of drug-likeness (QED) is 0.846. The van der Waals surface area contributed by atoms with Crippen molar-refractivity contribution < 1.29 is 9.59 Å². The molecule has 1 rings (SSSR count). The maximum atomic E-state index is 12.6. The summed E-state index contributed by atoms with van der Waals surface area (Å²) in [5, 5.41) is 0. The molecule has 1 atom stereocenters. The fraction of sp³-hybridized carbons (Fsp3) is 0.429. The summed E-state index contributed by atoms with van der Waals surface area (Å²) >= 11 is 3.34. The average molecular weight is 342 g/mol. The Morgan fingerprint density at radius 2 is 1.80 bits per heavy atom. The Kier molecular flexibility index (Phi) is 5.30. The smallest absolute Gasteiger partial charge is 0.247 e. The normalized spacial score (nSPS) is 13.9. The van der Waals surface area contributed by atoms with Crippen LogP contribution in [0.5, 0.6) is 0 Å². The van der Waals surface area contributed by atoms with E-state index in [2.05, 4.69) is 15.9 Å². The number of hydrogen-bond donors (Lipinski definition) is 2. The molecule has 0 aliphatic heterocycles. The van der Waals surface area contributed by atoms with E-state index in [1.54, 1.807) is 19.1 Å². The molecule has 20 heavy (non-hydrogen) atoms. The van der Waals surface area contributed by atoms with Crippen molar-refractivity contribution in [3.05, 3.63) is 34.3 Å². The molecule has 6 heteroatoms. The second-order valence-corrected chi connectivity index (χ2v) is 6.12. The number of rotatable bonds is 5. The first-order valence-electron chi connectivity index (χ1n) is 6.30. The molecule has 0 saturated heterocycles. The predicted molar refractivity (Wildman–Crippen MR) is 81.7 cm³/mol. The van der Waals surface area contributed by atoms with Crippen LogP contribution < -0.4 is 11.5 Å². The van der Waals surface area contributed by atoms with Gasteiger partial charge in [0.15, 0.2) is 0 Å². The number of nitrogens with zero attached hydrogens (tertiary/aromatic N) is 1. The van der Waals surface area contributed by atoms with Crippen LogP contribution >= 0.6 is 15.9 Å². The first-order chi connectivity index (χ1) is 9.16. The lowest BCUT2D eigenvalue weighted by atomic mass is 9.91. The lowest BCUT2D eigenvalue weighted by Crippen LogP contribution is -2.55. The Morgan fingerprint density at radius 1 is 1.30 bits per heavy atom. The molecule has 0 aliphatic carbocycles. The fourth-order valence-corrected chi connectivity index (χ4v) is 2.14. The summed E-state index contributed by atoms with van der Waals surface area (Å²) in [6, 6.07) is 7.05. The molecule has 1 aromatic rings. The summed E-state index contributed by atoms with van der Waals surface area (Å²) in [5.74, 6) is -0.882. The van der Waals surface area contributed by atoms with Crippen molar-refractivity contribution in [2.75, 3.05) is 6.54 Å². The van der Waals surface area contributed by atoms with E-state index in [9.17, 15) is 9.59 Å². The van der Waals surface area contributed by atoms with Crippen LogP contribution in [-0.2, 0) is 15.1 Å². The van der Waals surface area contributed by atoms with Gasteiger partial charge >= 0.3 is 0 Å². The summed E-state index contributed by atoms with van der Waals surface area (Å²) < 4.78 is 0.905. The van der Waals surface area contributed by atoms with Crippen LogP contribution in [0.25, 0.3) is 0 Å². The van der Waals surface area contributed by atoms with Crippen LogP contribution in [0, 0.1) is 0 Å². The Balaban J connectivity index is 3.08. The summed E-state index contributed by atoms with van der Waals surface area (Å²) in [4.78, 5) is 25.1. The average Bonchev–Trinajstić information content (AvgIpc) is 2.35. The third kappa shape index (κ3) is 3.80. The van der Waals surface area contributed by atoms with Gasteiger partial charge in [-0.2, -0.15) is 0 Å². The van der Waals surface area contributed by atoms with Gasteiger partial charge in [0.2, 0.25) is 11.8 Å². The molecular weight excluding hydrogens is 322 g/mol. The highest BCUT2D eigenvalue weighted by molar-refractivity contribution is 9.10. The zero-order chi connectivity index (χ0) is 15.5. The SMILES string of the molecule is CC(C)N(CC(N)=O)C(=O)C(C)(N)c1ccc(Br)cc1. The monoisotopic (exact) mass is 341 g/mol. The predicted octanol–water partition coefficient (Wildman–Crippen LogP) is 1.35. The second kappa shape index (κ2) is 6.37. The summed E-state index contributed by atoms with van der Waals surface area (Å²) in [5.41, 5.74) is 10.9. The molecule has 0 bridgehead atoms. The van der Waals surface area contributed by atoms with Gasteiger partial charge in [-0.05, 0) is 38.5 Å². The summed E-state index contributed by atoms with van der Waals surface area (Å²) in [7, 11) is 0. The van der Waals surface area contributed by atoms with Gasteiger partial charge in [-0.15, -0.1) is 0 Å². The van der Waals surface area contributed by atoms with Crippen LogP contribution in [-0.4, -0.2) is 29.3 Å². The highest BCUT2D eigenvalue weighted by Crippen LogP contribution is 2.23. The van der Waals surface area contributed by atoms with Crippen LogP contribution in [0.15, 0.2) is 28.7 Å². The van der Waals surface area contributed by atoms with Crippen molar-refractivity contribution in [2.24, 2.45) is 11.5 Å². The number of halogens is 1. The molecule has 0 saturated carbocycles. The maximum absolute atomic E-state index is 12.6. The van der Waals surface area contributed by atoms with E-state index < -0.39 is 11.4 Å². The molecule has 0 radical (unpaired) electrons. The van der Waals surface area contributed by atoms with Crippen molar-refractivity contribution in [3.8, 4) is 0 Å². The summed E-state index contributed by atoms with van der Waals surface area (Å²) in [6.45, 7) is 5.13. The molecule has 0 spiro atoms. The molecule has 5 nitrogen and oxygen atoms in total. The number of amides is 2. The molecule has 2 amide bonds. The minimum Gasteiger partial charge on any atom is -0.368 e. The number of hydrogen-bond acceptors (Lipinski definition) is 3. The minimum atomic E-state index is -1.21. The zero-order valence-electron chi connectivity index (χ0n) is 11.9. The van der Waals surface area contributed by atoms with Gasteiger partial charge in [-0.1, -0.05) is 28.1 Å². The molecule has 0 fully saturated rings. The van der Waals surface area contributed by atoms with Crippen LogP contribution in [0.3, 0.4) is 0 Å². The van der Waals surface area contributed by atoms with Crippen LogP contribution in [0.4, 0.5) is 0 Å². The number of carbonyl (C=O) groups excluding carboxylic acids is 2. The van der Waals surface area contributed by atoms with E-state index in [-0.39, 0.29) is 18.5 Å². The van der Waals surface area contributed by atoms with Gasteiger partial charge < -0.3 is 16.4 Å². The molecule has 4 N–H and O–H groups in total.